The summed E-state index contributed by atoms with van der Waals surface area (Å²) in [4.78, 5) is 50.7. The standard InChI is InChI=1S/C23H39N3O6/c1-14(2)19(25-22(31)32-23(3,4)5)20(28)24-12-18(27)26-13-16(11-17(26)21(29)30)15-9-7-6-8-10-15/h14-17,19H,6-13H2,1-5H3,(H,24,28)(H,25,31)(H,29,30)/t16-,17+,19+/m1/s1. The van der Waals surface area contributed by atoms with Gasteiger partial charge in [0.15, 0.2) is 0 Å². The van der Waals surface area contributed by atoms with E-state index in [1.54, 1.807) is 34.6 Å². The van der Waals surface area contributed by atoms with Crippen molar-refractivity contribution in [2.45, 2.75) is 90.8 Å². The van der Waals surface area contributed by atoms with Crippen LogP contribution in [0.4, 0.5) is 4.79 Å². The third-order valence-electron chi connectivity index (χ3n) is 6.29. The number of hydrogen-bond donors (Lipinski definition) is 3. The summed E-state index contributed by atoms with van der Waals surface area (Å²) in [6.45, 7) is 8.85. The topological polar surface area (TPSA) is 125 Å². The third kappa shape index (κ3) is 7.38. The summed E-state index contributed by atoms with van der Waals surface area (Å²) < 4.78 is 5.21. The smallest absolute Gasteiger partial charge is 0.408 e. The minimum Gasteiger partial charge on any atom is -0.480 e. The van der Waals surface area contributed by atoms with Gasteiger partial charge in [0.1, 0.15) is 17.7 Å². The molecule has 3 amide bonds. The lowest BCUT2D eigenvalue weighted by atomic mass is 9.79. The van der Waals surface area contributed by atoms with Crippen LogP contribution < -0.4 is 10.6 Å². The molecule has 1 saturated carbocycles. The van der Waals surface area contributed by atoms with E-state index in [0.717, 1.165) is 25.7 Å². The molecule has 0 radical (unpaired) electrons. The number of amides is 3. The molecule has 9 nitrogen and oxygen atoms in total. The molecule has 1 saturated heterocycles. The number of alkyl carbamates (subject to hydrolysis) is 1. The molecule has 0 aromatic carbocycles. The van der Waals surface area contributed by atoms with Crippen LogP contribution in [-0.2, 0) is 19.1 Å². The van der Waals surface area contributed by atoms with Crippen molar-refractivity contribution in [2.75, 3.05) is 13.1 Å². The molecule has 0 bridgehead atoms. The van der Waals surface area contributed by atoms with E-state index in [2.05, 4.69) is 10.6 Å². The highest BCUT2D eigenvalue weighted by atomic mass is 16.6. The Balaban J connectivity index is 1.95. The second-order valence-electron chi connectivity index (χ2n) is 10.4. The molecule has 182 valence electrons. The zero-order valence-corrected chi connectivity index (χ0v) is 20.0. The Morgan fingerprint density at radius 2 is 1.69 bits per heavy atom. The molecule has 0 aromatic rings. The van der Waals surface area contributed by atoms with Crippen LogP contribution in [0.25, 0.3) is 0 Å². The van der Waals surface area contributed by atoms with E-state index < -0.39 is 41.6 Å². The van der Waals surface area contributed by atoms with Crippen LogP contribution >= 0.6 is 0 Å². The maximum atomic E-state index is 12.8. The normalized spacial score (nSPS) is 23.0. The Hall–Kier alpha value is -2.32. The number of carboxylic acid groups (broad SMARTS) is 1. The van der Waals surface area contributed by atoms with Gasteiger partial charge in [-0.05, 0) is 44.9 Å². The van der Waals surface area contributed by atoms with Gasteiger partial charge in [0, 0.05) is 6.54 Å². The van der Waals surface area contributed by atoms with Crippen molar-refractivity contribution in [1.29, 1.82) is 0 Å². The van der Waals surface area contributed by atoms with Crippen molar-refractivity contribution < 1.29 is 29.0 Å². The lowest BCUT2D eigenvalue weighted by molar-refractivity contribution is -0.148. The molecule has 3 atom stereocenters. The first kappa shape index (κ1) is 25.9. The van der Waals surface area contributed by atoms with Crippen molar-refractivity contribution in [2.24, 2.45) is 17.8 Å². The lowest BCUT2D eigenvalue weighted by Crippen LogP contribution is -2.53. The zero-order valence-electron chi connectivity index (χ0n) is 20.0. The number of carbonyl (C=O) groups excluding carboxylic acids is 3. The summed E-state index contributed by atoms with van der Waals surface area (Å²) in [5.74, 6) is -1.51. The maximum absolute atomic E-state index is 12.8. The monoisotopic (exact) mass is 453 g/mol. The molecule has 32 heavy (non-hydrogen) atoms. The van der Waals surface area contributed by atoms with Crippen molar-refractivity contribution in [3.05, 3.63) is 0 Å². The summed E-state index contributed by atoms with van der Waals surface area (Å²) in [6.07, 6.45) is 5.46. The van der Waals surface area contributed by atoms with Gasteiger partial charge in [-0.15, -0.1) is 0 Å². The second-order valence-corrected chi connectivity index (χ2v) is 10.4. The SMILES string of the molecule is CC(C)[C@H](NC(=O)OC(C)(C)C)C(=O)NCC(=O)N1C[C@H](C2CCCCC2)C[C@H]1C(=O)O. The van der Waals surface area contributed by atoms with Gasteiger partial charge in [-0.3, -0.25) is 9.59 Å². The molecule has 2 fully saturated rings. The molecular weight excluding hydrogens is 414 g/mol. The molecule has 0 unspecified atom stereocenters. The molecule has 1 heterocycles. The van der Waals surface area contributed by atoms with Crippen molar-refractivity contribution >= 4 is 23.9 Å². The summed E-state index contributed by atoms with van der Waals surface area (Å²) in [7, 11) is 0. The fourth-order valence-corrected chi connectivity index (χ4v) is 4.67. The molecule has 3 N–H and O–H groups in total. The number of aliphatic carboxylic acids is 1. The maximum Gasteiger partial charge on any atom is 0.408 e. The molecular formula is C23H39N3O6. The Morgan fingerprint density at radius 1 is 1.06 bits per heavy atom. The molecule has 2 aliphatic rings. The van der Waals surface area contributed by atoms with Crippen LogP contribution in [0.15, 0.2) is 0 Å². The van der Waals surface area contributed by atoms with Crippen molar-refractivity contribution in [1.82, 2.24) is 15.5 Å². The quantitative estimate of drug-likeness (QED) is 0.544. The van der Waals surface area contributed by atoms with Gasteiger partial charge in [0.05, 0.1) is 6.54 Å². The number of ether oxygens (including phenoxy) is 1. The van der Waals surface area contributed by atoms with Gasteiger partial charge in [0.25, 0.3) is 0 Å². The number of hydrogen-bond acceptors (Lipinski definition) is 5. The van der Waals surface area contributed by atoms with Gasteiger partial charge in [-0.1, -0.05) is 46.0 Å². The highest BCUT2D eigenvalue weighted by Crippen LogP contribution is 2.37. The van der Waals surface area contributed by atoms with Crippen LogP contribution in [0.5, 0.6) is 0 Å². The molecule has 0 aromatic heterocycles. The fourth-order valence-electron chi connectivity index (χ4n) is 4.67. The van der Waals surface area contributed by atoms with Gasteiger partial charge < -0.3 is 25.4 Å². The number of likely N-dealkylation sites (tertiary alicyclic amines) is 1. The van der Waals surface area contributed by atoms with Gasteiger partial charge >= 0.3 is 12.1 Å². The Morgan fingerprint density at radius 3 is 2.22 bits per heavy atom. The van der Waals surface area contributed by atoms with Crippen LogP contribution in [0.2, 0.25) is 0 Å². The predicted molar refractivity (Wildman–Crippen MR) is 119 cm³/mol. The minimum absolute atomic E-state index is 0.188. The first-order valence-electron chi connectivity index (χ1n) is 11.7. The van der Waals surface area contributed by atoms with Crippen LogP contribution in [-0.4, -0.2) is 64.7 Å². The summed E-state index contributed by atoms with van der Waals surface area (Å²) in [6, 6.07) is -1.73. The van der Waals surface area contributed by atoms with E-state index in [1.165, 1.54) is 11.3 Å². The first-order valence-corrected chi connectivity index (χ1v) is 11.7. The summed E-state index contributed by atoms with van der Waals surface area (Å²) in [5.41, 5.74) is -0.700. The minimum atomic E-state index is -1.00. The summed E-state index contributed by atoms with van der Waals surface area (Å²) >= 11 is 0. The van der Waals surface area contributed by atoms with Crippen LogP contribution in [0.3, 0.4) is 0 Å². The predicted octanol–water partition coefficient (Wildman–Crippen LogP) is 2.53. The average Bonchev–Trinajstić information content (AvgIpc) is 3.15. The first-order chi connectivity index (χ1) is 14.9. The lowest BCUT2D eigenvalue weighted by Gasteiger charge is -2.27. The van der Waals surface area contributed by atoms with E-state index in [4.69, 9.17) is 4.74 Å². The number of nitrogens with zero attached hydrogens (tertiary/aromatic N) is 1. The fraction of sp³-hybridized carbons (Fsp3) is 0.826. The Kier molecular flexibility index (Phi) is 8.92. The largest absolute Gasteiger partial charge is 0.480 e. The Labute approximate surface area is 190 Å². The summed E-state index contributed by atoms with van der Waals surface area (Å²) in [5, 5.41) is 14.8. The molecule has 0 spiro atoms. The third-order valence-corrected chi connectivity index (χ3v) is 6.29. The van der Waals surface area contributed by atoms with E-state index in [1.807, 2.05) is 0 Å². The molecule has 2 rings (SSSR count). The molecule has 9 heteroatoms. The Bertz CT molecular complexity index is 696. The number of rotatable bonds is 7. The number of carboxylic acids is 1. The van der Waals surface area contributed by atoms with Gasteiger partial charge in [-0.2, -0.15) is 0 Å². The van der Waals surface area contributed by atoms with Crippen molar-refractivity contribution in [3.8, 4) is 0 Å². The highest BCUT2D eigenvalue weighted by molar-refractivity contribution is 5.91. The van der Waals surface area contributed by atoms with E-state index in [9.17, 15) is 24.3 Å². The number of nitrogens with one attached hydrogen (secondary N) is 2. The second kappa shape index (κ2) is 11.0. The van der Waals surface area contributed by atoms with Crippen molar-refractivity contribution in [3.63, 3.8) is 0 Å². The zero-order chi connectivity index (χ0) is 24.1. The average molecular weight is 454 g/mol. The van der Waals surface area contributed by atoms with E-state index >= 15 is 0 Å². The van der Waals surface area contributed by atoms with E-state index in [0.29, 0.717) is 18.9 Å². The number of carbonyl (C=O) groups is 4. The van der Waals surface area contributed by atoms with Gasteiger partial charge in [-0.25, -0.2) is 9.59 Å². The highest BCUT2D eigenvalue weighted by Gasteiger charge is 2.42. The molecule has 1 aliphatic heterocycles. The van der Waals surface area contributed by atoms with Crippen LogP contribution in [0, 0.1) is 17.8 Å². The molecule has 1 aliphatic carbocycles. The van der Waals surface area contributed by atoms with E-state index in [-0.39, 0.29) is 18.4 Å². The van der Waals surface area contributed by atoms with Gasteiger partial charge in [0.2, 0.25) is 11.8 Å². The van der Waals surface area contributed by atoms with Crippen LogP contribution in [0.1, 0.15) is 73.1 Å².